The number of hydrogen-bond donors (Lipinski definition) is 3. The van der Waals surface area contributed by atoms with Gasteiger partial charge in [0.25, 0.3) is 0 Å². The summed E-state index contributed by atoms with van der Waals surface area (Å²) in [4.78, 5) is 11.9. The van der Waals surface area contributed by atoms with Crippen molar-refractivity contribution in [3.05, 3.63) is 65.2 Å². The monoisotopic (exact) mass is 326 g/mol. The molecule has 0 saturated heterocycles. The van der Waals surface area contributed by atoms with Crippen LogP contribution in [-0.2, 0) is 17.8 Å². The Labute approximate surface area is 141 Å². The van der Waals surface area contributed by atoms with Crippen LogP contribution >= 0.6 is 0 Å². The summed E-state index contributed by atoms with van der Waals surface area (Å²) in [6.07, 6.45) is 0.339. The number of aliphatic hydroxyl groups excluding tert-OH is 1. The van der Waals surface area contributed by atoms with Crippen LogP contribution in [0.15, 0.2) is 48.5 Å². The van der Waals surface area contributed by atoms with E-state index in [1.165, 1.54) is 5.56 Å². The van der Waals surface area contributed by atoms with E-state index in [4.69, 9.17) is 4.74 Å². The SMILES string of the molecule is CCOC(=O)N[C@@H]1Cc2ccccc2[C@H]1Nc1ccccc1CO. The fourth-order valence-electron chi connectivity index (χ4n) is 3.20. The van der Waals surface area contributed by atoms with Crippen LogP contribution < -0.4 is 10.6 Å². The topological polar surface area (TPSA) is 70.6 Å². The number of hydrogen-bond acceptors (Lipinski definition) is 4. The van der Waals surface area contributed by atoms with Crippen LogP contribution in [0.4, 0.5) is 10.5 Å². The lowest BCUT2D eigenvalue weighted by Crippen LogP contribution is -2.40. The van der Waals surface area contributed by atoms with E-state index in [1.807, 2.05) is 36.4 Å². The van der Waals surface area contributed by atoms with Crippen molar-refractivity contribution < 1.29 is 14.6 Å². The van der Waals surface area contributed by atoms with Gasteiger partial charge < -0.3 is 20.5 Å². The standard InChI is InChI=1S/C19H22N2O3/c1-2-24-19(23)21-17-11-13-7-3-5-9-15(13)18(17)20-16-10-6-4-8-14(16)12-22/h3-10,17-18,20,22H,2,11-12H2,1H3,(H,21,23)/t17-,18-/m1/s1. The summed E-state index contributed by atoms with van der Waals surface area (Å²) in [6, 6.07) is 15.6. The molecule has 0 fully saturated rings. The minimum Gasteiger partial charge on any atom is -0.450 e. The summed E-state index contributed by atoms with van der Waals surface area (Å²) in [5.74, 6) is 0. The Balaban J connectivity index is 1.86. The van der Waals surface area contributed by atoms with Gasteiger partial charge in [-0.2, -0.15) is 0 Å². The molecule has 1 amide bonds. The van der Waals surface area contributed by atoms with Gasteiger partial charge in [0.1, 0.15) is 0 Å². The molecule has 1 aliphatic carbocycles. The van der Waals surface area contributed by atoms with Gasteiger partial charge in [0.2, 0.25) is 0 Å². The molecular formula is C19H22N2O3. The summed E-state index contributed by atoms with van der Waals surface area (Å²) < 4.78 is 5.03. The Bertz CT molecular complexity index is 717. The molecule has 0 aromatic heterocycles. The van der Waals surface area contributed by atoms with E-state index in [0.29, 0.717) is 6.61 Å². The van der Waals surface area contributed by atoms with Gasteiger partial charge >= 0.3 is 6.09 Å². The summed E-state index contributed by atoms with van der Waals surface area (Å²) in [5.41, 5.74) is 4.07. The smallest absolute Gasteiger partial charge is 0.407 e. The van der Waals surface area contributed by atoms with E-state index in [-0.39, 0.29) is 18.7 Å². The maximum atomic E-state index is 11.9. The number of ether oxygens (including phenoxy) is 1. The molecule has 1 aliphatic rings. The highest BCUT2D eigenvalue weighted by Crippen LogP contribution is 2.35. The van der Waals surface area contributed by atoms with Crippen LogP contribution in [0.3, 0.4) is 0 Å². The number of carbonyl (C=O) groups excluding carboxylic acids is 1. The highest BCUT2D eigenvalue weighted by atomic mass is 16.5. The molecule has 0 unspecified atom stereocenters. The molecular weight excluding hydrogens is 304 g/mol. The molecule has 5 heteroatoms. The highest BCUT2D eigenvalue weighted by molar-refractivity contribution is 5.68. The second-order valence-corrected chi connectivity index (χ2v) is 5.81. The Morgan fingerprint density at radius 3 is 2.75 bits per heavy atom. The van der Waals surface area contributed by atoms with Crippen LogP contribution in [0.2, 0.25) is 0 Å². The van der Waals surface area contributed by atoms with Crippen LogP contribution in [0.1, 0.15) is 29.7 Å². The molecule has 0 spiro atoms. The van der Waals surface area contributed by atoms with Gasteiger partial charge in [-0.3, -0.25) is 0 Å². The number of carbonyl (C=O) groups is 1. The summed E-state index contributed by atoms with van der Waals surface area (Å²) in [6.45, 7) is 2.10. The molecule has 5 nitrogen and oxygen atoms in total. The lowest BCUT2D eigenvalue weighted by Gasteiger charge is -2.25. The number of nitrogens with one attached hydrogen (secondary N) is 2. The molecule has 0 aliphatic heterocycles. The number of rotatable bonds is 5. The normalized spacial score (nSPS) is 18.8. The van der Waals surface area contributed by atoms with Gasteiger partial charge in [0, 0.05) is 11.3 Å². The molecule has 0 heterocycles. The summed E-state index contributed by atoms with van der Waals surface area (Å²) in [7, 11) is 0. The number of amides is 1. The van der Waals surface area contributed by atoms with Crippen molar-refractivity contribution in [2.45, 2.75) is 32.0 Å². The third-order valence-electron chi connectivity index (χ3n) is 4.31. The van der Waals surface area contributed by atoms with E-state index in [1.54, 1.807) is 6.92 Å². The molecule has 0 saturated carbocycles. The predicted molar refractivity (Wildman–Crippen MR) is 92.8 cm³/mol. The quantitative estimate of drug-likeness (QED) is 0.790. The van der Waals surface area contributed by atoms with Crippen molar-refractivity contribution in [2.24, 2.45) is 0 Å². The summed E-state index contributed by atoms with van der Waals surface area (Å²) >= 11 is 0. The van der Waals surface area contributed by atoms with Crippen LogP contribution in [0.25, 0.3) is 0 Å². The largest absolute Gasteiger partial charge is 0.450 e. The number of fused-ring (bicyclic) bond motifs is 1. The van der Waals surface area contributed by atoms with E-state index in [2.05, 4.69) is 22.8 Å². The van der Waals surface area contributed by atoms with Crippen molar-refractivity contribution >= 4 is 11.8 Å². The lowest BCUT2D eigenvalue weighted by atomic mass is 10.1. The second-order valence-electron chi connectivity index (χ2n) is 5.81. The summed E-state index contributed by atoms with van der Waals surface area (Å²) in [5, 5.41) is 16.0. The molecule has 24 heavy (non-hydrogen) atoms. The molecule has 0 radical (unpaired) electrons. The van der Waals surface area contributed by atoms with E-state index >= 15 is 0 Å². The zero-order valence-electron chi connectivity index (χ0n) is 13.7. The second kappa shape index (κ2) is 7.36. The number of benzene rings is 2. The van der Waals surface area contributed by atoms with Gasteiger partial charge in [0.05, 0.1) is 25.3 Å². The molecule has 2 aromatic carbocycles. The predicted octanol–water partition coefficient (Wildman–Crippen LogP) is 3.00. The molecule has 126 valence electrons. The first-order chi connectivity index (χ1) is 11.7. The van der Waals surface area contributed by atoms with Crippen molar-refractivity contribution in [1.29, 1.82) is 0 Å². The van der Waals surface area contributed by atoms with Gasteiger partial charge in [0.15, 0.2) is 0 Å². The number of aliphatic hydroxyl groups is 1. The van der Waals surface area contributed by atoms with E-state index < -0.39 is 6.09 Å². The Hall–Kier alpha value is -2.53. The molecule has 3 rings (SSSR count). The zero-order valence-corrected chi connectivity index (χ0v) is 13.7. The van der Waals surface area contributed by atoms with Gasteiger partial charge in [-0.1, -0.05) is 42.5 Å². The fraction of sp³-hybridized carbons (Fsp3) is 0.316. The van der Waals surface area contributed by atoms with Gasteiger partial charge in [-0.15, -0.1) is 0 Å². The average molecular weight is 326 g/mol. The minimum absolute atomic E-state index is 0.0342. The van der Waals surface area contributed by atoms with Crippen molar-refractivity contribution in [1.82, 2.24) is 5.32 Å². The maximum Gasteiger partial charge on any atom is 0.407 e. The van der Waals surface area contributed by atoms with E-state index in [9.17, 15) is 9.90 Å². The number of para-hydroxylation sites is 1. The maximum absolute atomic E-state index is 11.9. The fourth-order valence-corrected chi connectivity index (χ4v) is 3.20. The Morgan fingerprint density at radius 1 is 1.21 bits per heavy atom. The highest BCUT2D eigenvalue weighted by Gasteiger charge is 2.33. The van der Waals surface area contributed by atoms with Gasteiger partial charge in [-0.05, 0) is 30.5 Å². The first-order valence-corrected chi connectivity index (χ1v) is 8.19. The van der Waals surface area contributed by atoms with Crippen molar-refractivity contribution in [3.8, 4) is 0 Å². The Morgan fingerprint density at radius 2 is 1.96 bits per heavy atom. The van der Waals surface area contributed by atoms with Gasteiger partial charge in [-0.25, -0.2) is 4.79 Å². The molecule has 2 atom stereocenters. The van der Waals surface area contributed by atoms with E-state index in [0.717, 1.165) is 23.2 Å². The van der Waals surface area contributed by atoms with Crippen LogP contribution in [0, 0.1) is 0 Å². The van der Waals surface area contributed by atoms with Crippen LogP contribution in [0.5, 0.6) is 0 Å². The third-order valence-corrected chi connectivity index (χ3v) is 4.31. The average Bonchev–Trinajstić information content (AvgIpc) is 2.93. The first kappa shape index (κ1) is 16.3. The lowest BCUT2D eigenvalue weighted by molar-refractivity contribution is 0.147. The first-order valence-electron chi connectivity index (χ1n) is 8.19. The molecule has 2 aromatic rings. The van der Waals surface area contributed by atoms with Crippen molar-refractivity contribution in [3.63, 3.8) is 0 Å². The molecule has 3 N–H and O–H groups in total. The minimum atomic E-state index is -0.405. The van der Waals surface area contributed by atoms with Crippen molar-refractivity contribution in [2.75, 3.05) is 11.9 Å². The molecule has 0 bridgehead atoms. The number of anilines is 1. The third kappa shape index (κ3) is 3.36. The zero-order chi connectivity index (χ0) is 16.9. The van der Waals surface area contributed by atoms with Crippen LogP contribution in [-0.4, -0.2) is 23.8 Å². The Kier molecular flexibility index (Phi) is 5.01. The number of alkyl carbamates (subject to hydrolysis) is 1.